The highest BCUT2D eigenvalue weighted by molar-refractivity contribution is 6.33. The van der Waals surface area contributed by atoms with Gasteiger partial charge < -0.3 is 19.4 Å². The lowest BCUT2D eigenvalue weighted by Gasteiger charge is -2.28. The van der Waals surface area contributed by atoms with E-state index < -0.39 is 0 Å². The van der Waals surface area contributed by atoms with Crippen LogP contribution in [0.2, 0.25) is 5.02 Å². The molecular weight excluding hydrogens is 390 g/mol. The van der Waals surface area contributed by atoms with Crippen LogP contribution in [-0.4, -0.2) is 46.2 Å². The summed E-state index contributed by atoms with van der Waals surface area (Å²) < 4.78 is 11.1. The van der Waals surface area contributed by atoms with Crippen LogP contribution in [0, 0.1) is 0 Å². The summed E-state index contributed by atoms with van der Waals surface area (Å²) in [6, 6.07) is 14.0. The number of ether oxygens (including phenoxy) is 2. The van der Waals surface area contributed by atoms with Gasteiger partial charge >= 0.3 is 6.01 Å². The van der Waals surface area contributed by atoms with E-state index >= 15 is 0 Å². The van der Waals surface area contributed by atoms with Crippen LogP contribution in [0.3, 0.4) is 0 Å². The van der Waals surface area contributed by atoms with Gasteiger partial charge in [-0.25, -0.2) is 4.98 Å². The van der Waals surface area contributed by atoms with Crippen molar-refractivity contribution in [2.24, 2.45) is 0 Å². The van der Waals surface area contributed by atoms with Gasteiger partial charge in [-0.15, -0.1) is 0 Å². The molecule has 1 fully saturated rings. The van der Waals surface area contributed by atoms with Crippen LogP contribution in [0.4, 0.5) is 5.69 Å². The zero-order chi connectivity index (χ0) is 19.6. The van der Waals surface area contributed by atoms with E-state index in [1.165, 1.54) is 5.69 Å². The van der Waals surface area contributed by atoms with Crippen molar-refractivity contribution >= 4 is 28.5 Å². The molecule has 1 aromatic carbocycles. The van der Waals surface area contributed by atoms with E-state index in [0.29, 0.717) is 33.6 Å². The number of halogens is 1. The molecule has 0 spiro atoms. The van der Waals surface area contributed by atoms with Gasteiger partial charge in [-0.3, -0.25) is 4.98 Å². The Bertz CT molecular complexity index is 1130. The first-order valence-corrected chi connectivity index (χ1v) is 9.71. The Kier molecular flexibility index (Phi) is 4.75. The van der Waals surface area contributed by atoms with E-state index in [1.807, 2.05) is 24.3 Å². The van der Waals surface area contributed by atoms with Gasteiger partial charge in [0, 0.05) is 30.5 Å². The number of nitrogens with zero attached hydrogens (tertiary/aromatic N) is 4. The molecule has 0 bridgehead atoms. The van der Waals surface area contributed by atoms with E-state index in [-0.39, 0.29) is 0 Å². The molecule has 0 saturated carbocycles. The molecular formula is C21H18ClN5O2. The van der Waals surface area contributed by atoms with E-state index in [4.69, 9.17) is 21.1 Å². The summed E-state index contributed by atoms with van der Waals surface area (Å²) in [7, 11) is 0. The van der Waals surface area contributed by atoms with Crippen LogP contribution in [0.15, 0.2) is 54.9 Å². The molecule has 8 heteroatoms. The number of benzene rings is 1. The van der Waals surface area contributed by atoms with Crippen molar-refractivity contribution in [2.45, 2.75) is 0 Å². The summed E-state index contributed by atoms with van der Waals surface area (Å²) in [5, 5.41) is 0.549. The number of morpholine rings is 1. The molecule has 0 radical (unpaired) electrons. The fraction of sp³-hybridized carbons (Fsp3) is 0.190. The predicted octanol–water partition coefficient (Wildman–Crippen LogP) is 4.30. The quantitative estimate of drug-likeness (QED) is 0.543. The zero-order valence-corrected chi connectivity index (χ0v) is 16.3. The first-order chi connectivity index (χ1) is 14.3. The molecule has 0 amide bonds. The van der Waals surface area contributed by atoms with Crippen molar-refractivity contribution in [1.82, 2.24) is 19.9 Å². The molecule has 0 aliphatic carbocycles. The third kappa shape index (κ3) is 3.74. The highest BCUT2D eigenvalue weighted by Crippen LogP contribution is 2.31. The summed E-state index contributed by atoms with van der Waals surface area (Å²) in [5.74, 6) is 0.594. The third-order valence-electron chi connectivity index (χ3n) is 4.77. The normalized spacial score (nSPS) is 14.3. The Labute approximate surface area is 172 Å². The molecule has 3 aromatic heterocycles. The van der Waals surface area contributed by atoms with Gasteiger partial charge in [0.15, 0.2) is 5.65 Å². The molecule has 0 unspecified atom stereocenters. The maximum atomic E-state index is 6.51. The van der Waals surface area contributed by atoms with Crippen LogP contribution >= 0.6 is 11.6 Å². The number of anilines is 1. The fourth-order valence-corrected chi connectivity index (χ4v) is 3.58. The second kappa shape index (κ2) is 7.69. The molecule has 4 heterocycles. The van der Waals surface area contributed by atoms with Crippen molar-refractivity contribution in [2.75, 3.05) is 31.2 Å². The van der Waals surface area contributed by atoms with Crippen molar-refractivity contribution in [3.05, 3.63) is 59.9 Å². The summed E-state index contributed by atoms with van der Waals surface area (Å²) >= 11 is 6.51. The average molecular weight is 408 g/mol. The largest absolute Gasteiger partial charge is 0.424 e. The summed E-state index contributed by atoms with van der Waals surface area (Å²) in [6.07, 6.45) is 3.30. The second-order valence-electron chi connectivity index (χ2n) is 6.67. The first-order valence-electron chi connectivity index (χ1n) is 9.33. The Morgan fingerprint density at radius 3 is 2.66 bits per heavy atom. The number of aromatic nitrogens is 4. The maximum Gasteiger partial charge on any atom is 0.301 e. The predicted molar refractivity (Wildman–Crippen MR) is 112 cm³/mol. The van der Waals surface area contributed by atoms with E-state index in [2.05, 4.69) is 37.0 Å². The van der Waals surface area contributed by atoms with Crippen LogP contribution in [-0.2, 0) is 4.74 Å². The summed E-state index contributed by atoms with van der Waals surface area (Å²) in [5.41, 5.74) is 4.04. The number of hydrogen-bond donors (Lipinski definition) is 1. The summed E-state index contributed by atoms with van der Waals surface area (Å²) in [6.45, 7) is 3.32. The van der Waals surface area contributed by atoms with Crippen LogP contribution < -0.4 is 9.64 Å². The number of hydrogen-bond acceptors (Lipinski definition) is 6. The highest BCUT2D eigenvalue weighted by Gasteiger charge is 2.14. The average Bonchev–Trinajstić information content (AvgIpc) is 3.15. The molecule has 0 atom stereocenters. The lowest BCUT2D eigenvalue weighted by molar-refractivity contribution is 0.122. The van der Waals surface area contributed by atoms with Gasteiger partial charge in [-0.2, -0.15) is 4.98 Å². The topological polar surface area (TPSA) is 76.2 Å². The molecule has 1 saturated heterocycles. The van der Waals surface area contributed by atoms with Gasteiger partial charge in [0.1, 0.15) is 5.75 Å². The van der Waals surface area contributed by atoms with Gasteiger partial charge in [-0.05, 0) is 30.3 Å². The molecule has 1 aliphatic rings. The number of rotatable bonds is 4. The number of imidazole rings is 1. The monoisotopic (exact) mass is 407 g/mol. The first kappa shape index (κ1) is 17.9. The SMILES string of the molecule is Clc1cc2[nH]c(Oc3cccnc3)nc2nc1-c1ccc(N2CCOCC2)cc1. The van der Waals surface area contributed by atoms with E-state index in [9.17, 15) is 0 Å². The summed E-state index contributed by atoms with van der Waals surface area (Å²) in [4.78, 5) is 18.5. The van der Waals surface area contributed by atoms with Gasteiger partial charge in [-0.1, -0.05) is 23.7 Å². The highest BCUT2D eigenvalue weighted by atomic mass is 35.5. The Balaban J connectivity index is 1.43. The Morgan fingerprint density at radius 1 is 1.07 bits per heavy atom. The number of nitrogens with one attached hydrogen (secondary N) is 1. The lowest BCUT2D eigenvalue weighted by Crippen LogP contribution is -2.36. The smallest absolute Gasteiger partial charge is 0.301 e. The Hall–Kier alpha value is -3.16. The molecule has 5 rings (SSSR count). The number of fused-ring (bicyclic) bond motifs is 1. The fourth-order valence-electron chi connectivity index (χ4n) is 3.32. The van der Waals surface area contributed by atoms with Gasteiger partial charge in [0.25, 0.3) is 0 Å². The minimum atomic E-state index is 0.344. The lowest BCUT2D eigenvalue weighted by atomic mass is 10.1. The van der Waals surface area contributed by atoms with Crippen LogP contribution in [0.25, 0.3) is 22.4 Å². The maximum absolute atomic E-state index is 6.51. The van der Waals surface area contributed by atoms with E-state index in [0.717, 1.165) is 31.9 Å². The van der Waals surface area contributed by atoms with Crippen molar-refractivity contribution in [1.29, 1.82) is 0 Å². The number of aromatic amines is 1. The van der Waals surface area contributed by atoms with Crippen molar-refractivity contribution in [3.8, 4) is 23.0 Å². The van der Waals surface area contributed by atoms with Gasteiger partial charge in [0.05, 0.1) is 35.6 Å². The van der Waals surface area contributed by atoms with Gasteiger partial charge in [0.2, 0.25) is 0 Å². The van der Waals surface area contributed by atoms with Crippen molar-refractivity contribution < 1.29 is 9.47 Å². The third-order valence-corrected chi connectivity index (χ3v) is 5.06. The molecule has 4 aromatic rings. The van der Waals surface area contributed by atoms with Crippen molar-refractivity contribution in [3.63, 3.8) is 0 Å². The van der Waals surface area contributed by atoms with Crippen LogP contribution in [0.5, 0.6) is 11.8 Å². The minimum absolute atomic E-state index is 0.344. The standard InChI is InChI=1S/C21H18ClN5O2/c22-17-12-18-20(26-21(24-18)29-16-2-1-7-23-13-16)25-19(17)14-3-5-15(6-4-14)27-8-10-28-11-9-27/h1-7,12-13H,8-11H2,(H,24,25,26). The molecule has 7 nitrogen and oxygen atoms in total. The molecule has 1 N–H and O–H groups in total. The Morgan fingerprint density at radius 2 is 1.90 bits per heavy atom. The molecule has 29 heavy (non-hydrogen) atoms. The number of pyridine rings is 2. The second-order valence-corrected chi connectivity index (χ2v) is 7.08. The van der Waals surface area contributed by atoms with E-state index in [1.54, 1.807) is 18.5 Å². The zero-order valence-electron chi connectivity index (χ0n) is 15.5. The molecule has 1 aliphatic heterocycles. The van der Waals surface area contributed by atoms with Crippen LogP contribution in [0.1, 0.15) is 0 Å². The minimum Gasteiger partial charge on any atom is -0.424 e. The molecule has 146 valence electrons. The number of H-pyrrole nitrogens is 1.